The maximum absolute atomic E-state index is 10.9. The van der Waals surface area contributed by atoms with Crippen molar-refractivity contribution in [2.75, 3.05) is 7.11 Å². The number of hydrogen-bond acceptors (Lipinski definition) is 5. The number of rotatable bonds is 3. The van der Waals surface area contributed by atoms with Crippen molar-refractivity contribution in [1.29, 1.82) is 0 Å². The third kappa shape index (κ3) is 2.38. The van der Waals surface area contributed by atoms with Gasteiger partial charge in [0, 0.05) is 17.8 Å². The van der Waals surface area contributed by atoms with E-state index in [1.54, 1.807) is 12.1 Å². The smallest absolute Gasteiger partial charge is 0.311 e. The highest BCUT2D eigenvalue weighted by Gasteiger charge is 2.16. The first kappa shape index (κ1) is 12.3. The predicted octanol–water partition coefficient (Wildman–Crippen LogP) is 2.71. The molecule has 0 N–H and O–H groups in total. The minimum absolute atomic E-state index is 0.0889. The number of methoxy groups -OCH3 is 1. The van der Waals surface area contributed by atoms with E-state index >= 15 is 0 Å². The maximum atomic E-state index is 10.9. The molecule has 0 spiro atoms. The van der Waals surface area contributed by atoms with Gasteiger partial charge in [-0.3, -0.25) is 10.1 Å². The molecule has 0 saturated carbocycles. The predicted molar refractivity (Wildman–Crippen MR) is 65.7 cm³/mol. The molecule has 0 aliphatic rings. The Balaban J connectivity index is 2.53. The second kappa shape index (κ2) is 4.97. The molecular weight excluding hydrogens is 258 g/mol. The van der Waals surface area contributed by atoms with Gasteiger partial charge in [-0.2, -0.15) is 0 Å². The Kier molecular flexibility index (Phi) is 3.38. The molecule has 0 aliphatic heterocycles. The summed E-state index contributed by atoms with van der Waals surface area (Å²) in [6.07, 6.45) is 1.49. The molecule has 1 aromatic carbocycles. The lowest BCUT2D eigenvalue weighted by Gasteiger charge is -2.04. The Hall–Kier alpha value is -2.21. The molecular formula is C11H8ClN3O3. The highest BCUT2D eigenvalue weighted by atomic mass is 35.5. The Labute approximate surface area is 107 Å². The van der Waals surface area contributed by atoms with Gasteiger partial charge in [0.25, 0.3) is 0 Å². The van der Waals surface area contributed by atoms with Crippen molar-refractivity contribution in [1.82, 2.24) is 9.97 Å². The molecule has 92 valence electrons. The average Bonchev–Trinajstić information content (AvgIpc) is 2.38. The van der Waals surface area contributed by atoms with Crippen LogP contribution in [0.5, 0.6) is 5.75 Å². The fraction of sp³-hybridized carbons (Fsp3) is 0.0909. The number of aromatic nitrogens is 2. The molecule has 2 aromatic rings. The van der Waals surface area contributed by atoms with Gasteiger partial charge in [0.2, 0.25) is 5.28 Å². The van der Waals surface area contributed by atoms with Gasteiger partial charge in [0.05, 0.1) is 17.7 Å². The van der Waals surface area contributed by atoms with Crippen molar-refractivity contribution in [3.8, 4) is 17.0 Å². The minimum atomic E-state index is -0.509. The van der Waals surface area contributed by atoms with Gasteiger partial charge in [-0.1, -0.05) is 0 Å². The monoisotopic (exact) mass is 265 g/mol. The first-order valence-corrected chi connectivity index (χ1v) is 5.31. The summed E-state index contributed by atoms with van der Waals surface area (Å²) in [5.41, 5.74) is 0.970. The summed E-state index contributed by atoms with van der Waals surface area (Å²) in [4.78, 5) is 18.1. The van der Waals surface area contributed by atoms with Crippen molar-refractivity contribution in [3.05, 3.63) is 45.9 Å². The third-order valence-electron chi connectivity index (χ3n) is 2.30. The summed E-state index contributed by atoms with van der Waals surface area (Å²) in [5.74, 6) is 0.198. The Bertz CT molecular complexity index is 604. The second-order valence-corrected chi connectivity index (χ2v) is 3.69. The van der Waals surface area contributed by atoms with Gasteiger partial charge < -0.3 is 4.74 Å². The van der Waals surface area contributed by atoms with Crippen LogP contribution in [0.25, 0.3) is 11.3 Å². The molecule has 7 heteroatoms. The average molecular weight is 266 g/mol. The van der Waals surface area contributed by atoms with Crippen LogP contribution in [0.2, 0.25) is 5.28 Å². The molecule has 0 amide bonds. The van der Waals surface area contributed by atoms with E-state index in [1.165, 1.54) is 25.4 Å². The third-order valence-corrected chi connectivity index (χ3v) is 2.48. The van der Waals surface area contributed by atoms with E-state index in [1.807, 2.05) is 0 Å². The fourth-order valence-corrected chi connectivity index (χ4v) is 1.64. The zero-order valence-corrected chi connectivity index (χ0v) is 10.1. The fourth-order valence-electron chi connectivity index (χ4n) is 1.49. The SMILES string of the molecule is COc1ccc(-c2ccnc(Cl)n2)cc1[N+](=O)[O-]. The highest BCUT2D eigenvalue weighted by molar-refractivity contribution is 6.28. The van der Waals surface area contributed by atoms with Crippen LogP contribution in [0.4, 0.5) is 5.69 Å². The lowest BCUT2D eigenvalue weighted by Crippen LogP contribution is -1.95. The van der Waals surface area contributed by atoms with Crippen LogP contribution in [-0.2, 0) is 0 Å². The van der Waals surface area contributed by atoms with Crippen molar-refractivity contribution in [2.45, 2.75) is 0 Å². The quantitative estimate of drug-likeness (QED) is 0.484. The number of ether oxygens (including phenoxy) is 1. The van der Waals surface area contributed by atoms with Crippen molar-refractivity contribution in [3.63, 3.8) is 0 Å². The van der Waals surface area contributed by atoms with Crippen LogP contribution in [0.15, 0.2) is 30.5 Å². The van der Waals surface area contributed by atoms with Gasteiger partial charge in [-0.25, -0.2) is 9.97 Å². The van der Waals surface area contributed by atoms with Crippen LogP contribution in [0.3, 0.4) is 0 Å². The maximum Gasteiger partial charge on any atom is 0.311 e. The van der Waals surface area contributed by atoms with Gasteiger partial charge >= 0.3 is 5.69 Å². The van der Waals surface area contributed by atoms with E-state index in [9.17, 15) is 10.1 Å². The molecule has 6 nitrogen and oxygen atoms in total. The van der Waals surface area contributed by atoms with E-state index in [4.69, 9.17) is 16.3 Å². The second-order valence-electron chi connectivity index (χ2n) is 3.35. The summed E-state index contributed by atoms with van der Waals surface area (Å²) in [6.45, 7) is 0. The summed E-state index contributed by atoms with van der Waals surface area (Å²) in [6, 6.07) is 6.20. The molecule has 0 aliphatic carbocycles. The van der Waals surface area contributed by atoms with Crippen molar-refractivity contribution >= 4 is 17.3 Å². The molecule has 0 fully saturated rings. The van der Waals surface area contributed by atoms with E-state index in [2.05, 4.69) is 9.97 Å². The molecule has 0 unspecified atom stereocenters. The number of hydrogen-bond donors (Lipinski definition) is 0. The number of benzene rings is 1. The van der Waals surface area contributed by atoms with Crippen LogP contribution < -0.4 is 4.74 Å². The number of nitro benzene ring substituents is 1. The van der Waals surface area contributed by atoms with E-state index < -0.39 is 4.92 Å². The summed E-state index contributed by atoms with van der Waals surface area (Å²) >= 11 is 5.67. The minimum Gasteiger partial charge on any atom is -0.490 e. The molecule has 0 atom stereocenters. The molecule has 2 rings (SSSR count). The van der Waals surface area contributed by atoms with Crippen LogP contribution in [0.1, 0.15) is 0 Å². The van der Waals surface area contributed by atoms with Crippen LogP contribution in [-0.4, -0.2) is 22.0 Å². The largest absolute Gasteiger partial charge is 0.490 e. The molecule has 18 heavy (non-hydrogen) atoms. The number of nitrogens with zero attached hydrogens (tertiary/aromatic N) is 3. The number of nitro groups is 1. The standard InChI is InChI=1S/C11H8ClN3O3/c1-18-10-3-2-7(6-9(10)15(16)17)8-4-5-13-11(12)14-8/h2-6H,1H3. The van der Waals surface area contributed by atoms with Crippen LogP contribution in [0, 0.1) is 10.1 Å². The molecule has 1 aromatic heterocycles. The summed E-state index contributed by atoms with van der Waals surface area (Å²) in [5, 5.41) is 11.0. The zero-order chi connectivity index (χ0) is 13.1. The lowest BCUT2D eigenvalue weighted by atomic mass is 10.1. The summed E-state index contributed by atoms with van der Waals surface area (Å²) < 4.78 is 4.92. The van der Waals surface area contributed by atoms with Crippen molar-refractivity contribution in [2.24, 2.45) is 0 Å². The van der Waals surface area contributed by atoms with E-state index in [0.717, 1.165) is 0 Å². The van der Waals surface area contributed by atoms with Gasteiger partial charge in [0.1, 0.15) is 0 Å². The summed E-state index contributed by atoms with van der Waals surface area (Å²) in [7, 11) is 1.38. The molecule has 1 heterocycles. The molecule has 0 bridgehead atoms. The van der Waals surface area contributed by atoms with Crippen LogP contribution >= 0.6 is 11.6 Å². The van der Waals surface area contributed by atoms with Gasteiger partial charge in [0.15, 0.2) is 5.75 Å². The first-order valence-electron chi connectivity index (χ1n) is 4.93. The Morgan fingerprint density at radius 3 is 2.78 bits per heavy atom. The molecule has 0 radical (unpaired) electrons. The van der Waals surface area contributed by atoms with Gasteiger partial charge in [-0.15, -0.1) is 0 Å². The van der Waals surface area contributed by atoms with E-state index in [-0.39, 0.29) is 16.7 Å². The topological polar surface area (TPSA) is 78.2 Å². The normalized spacial score (nSPS) is 10.1. The number of halogens is 1. The first-order chi connectivity index (χ1) is 8.61. The highest BCUT2D eigenvalue weighted by Crippen LogP contribution is 2.31. The Morgan fingerprint density at radius 1 is 1.39 bits per heavy atom. The Morgan fingerprint density at radius 2 is 2.17 bits per heavy atom. The lowest BCUT2D eigenvalue weighted by molar-refractivity contribution is -0.385. The molecule has 0 saturated heterocycles. The van der Waals surface area contributed by atoms with Crippen molar-refractivity contribution < 1.29 is 9.66 Å². The van der Waals surface area contributed by atoms with E-state index in [0.29, 0.717) is 11.3 Å². The zero-order valence-electron chi connectivity index (χ0n) is 9.33. The van der Waals surface area contributed by atoms with Gasteiger partial charge in [-0.05, 0) is 29.8 Å².